The van der Waals surface area contributed by atoms with Gasteiger partial charge in [0.05, 0.1) is 17.2 Å². The number of hydrogen-bond acceptors (Lipinski definition) is 3. The fourth-order valence-electron chi connectivity index (χ4n) is 1.97. The van der Waals surface area contributed by atoms with Crippen molar-refractivity contribution in [3.05, 3.63) is 34.4 Å². The van der Waals surface area contributed by atoms with E-state index in [-0.39, 0.29) is 23.4 Å². The lowest BCUT2D eigenvalue weighted by Crippen LogP contribution is -2.19. The van der Waals surface area contributed by atoms with Gasteiger partial charge in [-0.2, -0.15) is 0 Å². The Kier molecular flexibility index (Phi) is 5.32. The molecule has 0 spiro atoms. The summed E-state index contributed by atoms with van der Waals surface area (Å²) in [6.45, 7) is 1.83. The molecular formula is C13H15ClO5. The van der Waals surface area contributed by atoms with Crippen LogP contribution in [0.4, 0.5) is 0 Å². The van der Waals surface area contributed by atoms with Gasteiger partial charge in [-0.25, -0.2) is 9.59 Å². The predicted molar refractivity (Wildman–Crippen MR) is 70.2 cm³/mol. The number of rotatable bonds is 6. The molecule has 0 amide bonds. The summed E-state index contributed by atoms with van der Waals surface area (Å²) in [5, 5.41) is 27.9. The van der Waals surface area contributed by atoms with Crippen molar-refractivity contribution in [2.45, 2.75) is 25.9 Å². The minimum Gasteiger partial charge on any atom is -0.478 e. The SMILES string of the molecule is CCc1ccc(C(=O)O)c(C(=O)O)c1CC(O)CCl. The number of benzene rings is 1. The number of carboxylic acids is 2. The molecule has 19 heavy (non-hydrogen) atoms. The lowest BCUT2D eigenvalue weighted by molar-refractivity contribution is 0.0649. The monoisotopic (exact) mass is 286 g/mol. The summed E-state index contributed by atoms with van der Waals surface area (Å²) in [7, 11) is 0. The van der Waals surface area contributed by atoms with Crippen LogP contribution in [-0.4, -0.2) is 39.2 Å². The highest BCUT2D eigenvalue weighted by Gasteiger charge is 2.23. The van der Waals surface area contributed by atoms with E-state index in [1.807, 2.05) is 6.92 Å². The first kappa shape index (κ1) is 15.5. The molecule has 0 saturated carbocycles. The number of carbonyl (C=O) groups is 2. The fourth-order valence-corrected chi connectivity index (χ4v) is 2.08. The third-order valence-electron chi connectivity index (χ3n) is 2.85. The Morgan fingerprint density at radius 2 is 1.89 bits per heavy atom. The van der Waals surface area contributed by atoms with E-state index in [4.69, 9.17) is 16.7 Å². The standard InChI is InChI=1S/C13H15ClO5/c1-2-7-3-4-9(12(16)17)11(13(18)19)10(7)5-8(15)6-14/h3-4,8,15H,2,5-6H2,1H3,(H,16,17)(H,18,19). The second-order valence-electron chi connectivity index (χ2n) is 4.10. The summed E-state index contributed by atoms with van der Waals surface area (Å²) in [4.78, 5) is 22.4. The van der Waals surface area contributed by atoms with Crippen molar-refractivity contribution in [2.24, 2.45) is 0 Å². The minimum absolute atomic E-state index is 0.0232. The highest BCUT2D eigenvalue weighted by atomic mass is 35.5. The lowest BCUT2D eigenvalue weighted by Gasteiger charge is -2.16. The third kappa shape index (κ3) is 3.45. The van der Waals surface area contributed by atoms with E-state index in [1.54, 1.807) is 6.07 Å². The molecule has 0 fully saturated rings. The largest absolute Gasteiger partial charge is 0.478 e. The first-order valence-corrected chi connectivity index (χ1v) is 6.31. The van der Waals surface area contributed by atoms with Gasteiger partial charge in [-0.15, -0.1) is 11.6 Å². The first-order valence-electron chi connectivity index (χ1n) is 5.77. The maximum absolute atomic E-state index is 11.3. The van der Waals surface area contributed by atoms with Gasteiger partial charge < -0.3 is 15.3 Å². The fraction of sp³-hybridized carbons (Fsp3) is 0.385. The Labute approximate surface area is 115 Å². The molecule has 104 valence electrons. The molecule has 0 saturated heterocycles. The van der Waals surface area contributed by atoms with Crippen LogP contribution in [0.3, 0.4) is 0 Å². The summed E-state index contributed by atoms with van der Waals surface area (Å²) < 4.78 is 0. The van der Waals surface area contributed by atoms with E-state index in [9.17, 15) is 19.8 Å². The zero-order valence-electron chi connectivity index (χ0n) is 10.4. The molecule has 1 aromatic carbocycles. The number of aryl methyl sites for hydroxylation is 1. The van der Waals surface area contributed by atoms with Crippen LogP contribution >= 0.6 is 11.6 Å². The Bertz CT molecular complexity index is 498. The topological polar surface area (TPSA) is 94.8 Å². The molecule has 0 bridgehead atoms. The van der Waals surface area contributed by atoms with Crippen molar-refractivity contribution in [1.82, 2.24) is 0 Å². The van der Waals surface area contributed by atoms with E-state index in [0.717, 1.165) is 0 Å². The number of halogens is 1. The molecule has 0 aliphatic rings. The lowest BCUT2D eigenvalue weighted by atomic mass is 9.91. The van der Waals surface area contributed by atoms with Crippen LogP contribution in [0.25, 0.3) is 0 Å². The number of alkyl halides is 1. The molecule has 0 radical (unpaired) electrons. The summed E-state index contributed by atoms with van der Waals surface area (Å²) in [5.41, 5.74) is 0.493. The van der Waals surface area contributed by atoms with Crippen LogP contribution in [-0.2, 0) is 12.8 Å². The van der Waals surface area contributed by atoms with E-state index < -0.39 is 18.0 Å². The van der Waals surface area contributed by atoms with Crippen molar-refractivity contribution in [3.8, 4) is 0 Å². The Morgan fingerprint density at radius 1 is 1.26 bits per heavy atom. The van der Waals surface area contributed by atoms with Gasteiger partial charge in [-0.05, 0) is 23.6 Å². The van der Waals surface area contributed by atoms with Gasteiger partial charge in [0, 0.05) is 12.3 Å². The zero-order valence-corrected chi connectivity index (χ0v) is 11.1. The van der Waals surface area contributed by atoms with E-state index >= 15 is 0 Å². The predicted octanol–water partition coefficient (Wildman–Crippen LogP) is 1.79. The molecule has 3 N–H and O–H groups in total. The molecule has 1 rings (SSSR count). The van der Waals surface area contributed by atoms with Crippen molar-refractivity contribution in [1.29, 1.82) is 0 Å². The Hall–Kier alpha value is -1.59. The summed E-state index contributed by atoms with van der Waals surface area (Å²) in [6.07, 6.45) is -0.339. The third-order valence-corrected chi connectivity index (χ3v) is 3.21. The highest BCUT2D eigenvalue weighted by Crippen LogP contribution is 2.22. The maximum atomic E-state index is 11.3. The van der Waals surface area contributed by atoms with Gasteiger partial charge in [0.1, 0.15) is 0 Å². The number of aliphatic hydroxyl groups excluding tert-OH is 1. The molecular weight excluding hydrogens is 272 g/mol. The van der Waals surface area contributed by atoms with E-state index in [0.29, 0.717) is 17.5 Å². The summed E-state index contributed by atoms with van der Waals surface area (Å²) in [6, 6.07) is 2.85. The molecule has 1 atom stereocenters. The average Bonchev–Trinajstić information content (AvgIpc) is 2.37. The number of aliphatic hydroxyl groups is 1. The van der Waals surface area contributed by atoms with Crippen LogP contribution in [0, 0.1) is 0 Å². The molecule has 5 nitrogen and oxygen atoms in total. The van der Waals surface area contributed by atoms with Crippen molar-refractivity contribution in [2.75, 3.05) is 5.88 Å². The Balaban J connectivity index is 3.48. The van der Waals surface area contributed by atoms with Crippen LogP contribution < -0.4 is 0 Å². The van der Waals surface area contributed by atoms with Crippen LogP contribution in [0.15, 0.2) is 12.1 Å². The van der Waals surface area contributed by atoms with Gasteiger partial charge in [0.2, 0.25) is 0 Å². The van der Waals surface area contributed by atoms with Gasteiger partial charge in [0.15, 0.2) is 0 Å². The smallest absolute Gasteiger partial charge is 0.336 e. The second kappa shape index (κ2) is 6.54. The normalized spacial score (nSPS) is 12.2. The molecule has 0 aromatic heterocycles. The van der Waals surface area contributed by atoms with Crippen molar-refractivity contribution >= 4 is 23.5 Å². The van der Waals surface area contributed by atoms with Crippen molar-refractivity contribution in [3.63, 3.8) is 0 Å². The average molecular weight is 287 g/mol. The van der Waals surface area contributed by atoms with Crippen LogP contribution in [0.2, 0.25) is 0 Å². The first-order chi connectivity index (χ1) is 8.92. The molecule has 1 aromatic rings. The van der Waals surface area contributed by atoms with Gasteiger partial charge in [0.25, 0.3) is 0 Å². The maximum Gasteiger partial charge on any atom is 0.336 e. The number of aromatic carboxylic acids is 2. The van der Waals surface area contributed by atoms with Gasteiger partial charge >= 0.3 is 11.9 Å². The summed E-state index contributed by atoms with van der Waals surface area (Å²) in [5.74, 6) is -2.66. The molecule has 0 aliphatic heterocycles. The quantitative estimate of drug-likeness (QED) is 0.693. The highest BCUT2D eigenvalue weighted by molar-refractivity contribution is 6.18. The number of hydrogen-bond donors (Lipinski definition) is 3. The second-order valence-corrected chi connectivity index (χ2v) is 4.41. The zero-order chi connectivity index (χ0) is 14.6. The van der Waals surface area contributed by atoms with Gasteiger partial charge in [-0.3, -0.25) is 0 Å². The minimum atomic E-state index is -1.32. The molecule has 0 heterocycles. The van der Waals surface area contributed by atoms with Crippen molar-refractivity contribution < 1.29 is 24.9 Å². The van der Waals surface area contributed by atoms with E-state index in [2.05, 4.69) is 0 Å². The number of carboxylic acid groups (broad SMARTS) is 2. The van der Waals surface area contributed by atoms with Gasteiger partial charge in [-0.1, -0.05) is 13.0 Å². The summed E-state index contributed by atoms with van der Waals surface area (Å²) >= 11 is 5.52. The van der Waals surface area contributed by atoms with Crippen LogP contribution in [0.1, 0.15) is 38.8 Å². The molecule has 0 aliphatic carbocycles. The Morgan fingerprint density at radius 3 is 2.32 bits per heavy atom. The molecule has 1 unspecified atom stereocenters. The molecule has 6 heteroatoms. The van der Waals surface area contributed by atoms with Crippen LogP contribution in [0.5, 0.6) is 0 Å². The van der Waals surface area contributed by atoms with E-state index in [1.165, 1.54) is 6.07 Å².